The van der Waals surface area contributed by atoms with Crippen molar-refractivity contribution < 1.29 is 0 Å². The summed E-state index contributed by atoms with van der Waals surface area (Å²) in [4.78, 5) is 7.18. The Morgan fingerprint density at radius 2 is 2.00 bits per heavy atom. The summed E-state index contributed by atoms with van der Waals surface area (Å²) >= 11 is 5.40. The molecule has 1 fully saturated rings. The molecule has 3 rings (SSSR count). The van der Waals surface area contributed by atoms with E-state index in [-0.39, 0.29) is 0 Å². The van der Waals surface area contributed by atoms with Gasteiger partial charge in [0, 0.05) is 36.2 Å². The van der Waals surface area contributed by atoms with E-state index >= 15 is 0 Å². The zero-order chi connectivity index (χ0) is 13.2. The number of benzene rings is 1. The van der Waals surface area contributed by atoms with Gasteiger partial charge in [-0.25, -0.2) is 4.98 Å². The monoisotopic (exact) mass is 337 g/mol. The van der Waals surface area contributed by atoms with Crippen LogP contribution in [0, 0.1) is 6.92 Å². The van der Waals surface area contributed by atoms with Crippen LogP contribution in [-0.2, 0) is 0 Å². The molecule has 1 aromatic carbocycles. The summed E-state index contributed by atoms with van der Waals surface area (Å²) in [6, 6.07) is 8.27. The standard InChI is InChI=1S/C14H16BrN3S/c1-10-14(18-8-6-16-7-9-18)19-13(17-10)11-4-2-3-5-12(11)15/h2-5,16H,6-9H2,1H3. The number of aromatic nitrogens is 1. The Kier molecular flexibility index (Phi) is 3.86. The Hall–Kier alpha value is -0.910. The van der Waals surface area contributed by atoms with Crippen LogP contribution in [0.15, 0.2) is 28.7 Å². The number of hydrogen-bond donors (Lipinski definition) is 1. The van der Waals surface area contributed by atoms with Gasteiger partial charge < -0.3 is 10.2 Å². The molecule has 0 radical (unpaired) electrons. The number of hydrogen-bond acceptors (Lipinski definition) is 4. The van der Waals surface area contributed by atoms with Crippen LogP contribution in [0.25, 0.3) is 10.6 Å². The highest BCUT2D eigenvalue weighted by atomic mass is 79.9. The first-order chi connectivity index (χ1) is 9.25. The molecule has 0 amide bonds. The Morgan fingerprint density at radius 3 is 2.74 bits per heavy atom. The van der Waals surface area contributed by atoms with Gasteiger partial charge in [-0.05, 0) is 13.0 Å². The van der Waals surface area contributed by atoms with Crippen LogP contribution in [0.1, 0.15) is 5.69 Å². The normalized spacial score (nSPS) is 15.8. The molecule has 2 heterocycles. The van der Waals surface area contributed by atoms with Crippen molar-refractivity contribution >= 4 is 32.3 Å². The highest BCUT2D eigenvalue weighted by Crippen LogP contribution is 2.37. The number of thiazole rings is 1. The second-order valence-corrected chi connectivity index (χ2v) is 6.46. The fourth-order valence-corrected chi connectivity index (χ4v) is 4.06. The molecule has 1 saturated heterocycles. The number of rotatable bonds is 2. The molecule has 0 aliphatic carbocycles. The summed E-state index contributed by atoms with van der Waals surface area (Å²) in [5, 5.41) is 5.79. The van der Waals surface area contributed by atoms with Crippen molar-refractivity contribution in [2.24, 2.45) is 0 Å². The fourth-order valence-electron chi connectivity index (χ4n) is 2.30. The Balaban J connectivity index is 1.95. The third-order valence-electron chi connectivity index (χ3n) is 3.28. The van der Waals surface area contributed by atoms with Crippen LogP contribution in [0.2, 0.25) is 0 Å². The quantitative estimate of drug-likeness (QED) is 0.911. The number of nitrogens with one attached hydrogen (secondary N) is 1. The smallest absolute Gasteiger partial charge is 0.126 e. The Morgan fingerprint density at radius 1 is 1.26 bits per heavy atom. The molecule has 1 aliphatic heterocycles. The van der Waals surface area contributed by atoms with Crippen molar-refractivity contribution in [3.8, 4) is 10.6 Å². The van der Waals surface area contributed by atoms with Gasteiger partial charge in [0.05, 0.1) is 5.69 Å². The van der Waals surface area contributed by atoms with Crippen molar-refractivity contribution in [1.82, 2.24) is 10.3 Å². The number of halogens is 1. The van der Waals surface area contributed by atoms with Crippen LogP contribution >= 0.6 is 27.3 Å². The van der Waals surface area contributed by atoms with E-state index in [1.807, 2.05) is 6.07 Å². The summed E-state index contributed by atoms with van der Waals surface area (Å²) in [5.41, 5.74) is 2.31. The molecule has 100 valence electrons. The van der Waals surface area contributed by atoms with E-state index in [2.05, 4.69) is 51.3 Å². The van der Waals surface area contributed by atoms with E-state index in [9.17, 15) is 0 Å². The molecule has 2 aromatic rings. The largest absolute Gasteiger partial charge is 0.359 e. The van der Waals surface area contributed by atoms with Gasteiger partial charge in [-0.2, -0.15) is 0 Å². The molecule has 1 N–H and O–H groups in total. The highest BCUT2D eigenvalue weighted by molar-refractivity contribution is 9.10. The average Bonchev–Trinajstić information content (AvgIpc) is 2.82. The minimum Gasteiger partial charge on any atom is -0.359 e. The lowest BCUT2D eigenvalue weighted by atomic mass is 10.2. The van der Waals surface area contributed by atoms with Gasteiger partial charge in [-0.15, -0.1) is 0 Å². The minimum absolute atomic E-state index is 1.06. The molecule has 19 heavy (non-hydrogen) atoms. The van der Waals surface area contributed by atoms with Gasteiger partial charge in [0.2, 0.25) is 0 Å². The summed E-state index contributed by atoms with van der Waals surface area (Å²) < 4.78 is 1.11. The second-order valence-electron chi connectivity index (χ2n) is 4.63. The fraction of sp³-hybridized carbons (Fsp3) is 0.357. The summed E-state index contributed by atoms with van der Waals surface area (Å²) in [6.45, 7) is 6.36. The molecule has 3 nitrogen and oxygen atoms in total. The molecule has 0 saturated carbocycles. The molecule has 0 unspecified atom stereocenters. The molecule has 0 bridgehead atoms. The van der Waals surface area contributed by atoms with Crippen molar-refractivity contribution in [3.63, 3.8) is 0 Å². The second kappa shape index (κ2) is 5.61. The average molecular weight is 338 g/mol. The van der Waals surface area contributed by atoms with Crippen molar-refractivity contribution in [1.29, 1.82) is 0 Å². The third kappa shape index (κ3) is 2.68. The van der Waals surface area contributed by atoms with E-state index < -0.39 is 0 Å². The predicted octanol–water partition coefficient (Wildman–Crippen LogP) is 3.29. The number of anilines is 1. The van der Waals surface area contributed by atoms with Gasteiger partial charge in [0.15, 0.2) is 0 Å². The van der Waals surface area contributed by atoms with Gasteiger partial charge >= 0.3 is 0 Å². The van der Waals surface area contributed by atoms with E-state index in [0.29, 0.717) is 0 Å². The number of nitrogens with zero attached hydrogens (tertiary/aromatic N) is 2. The van der Waals surface area contributed by atoms with Crippen molar-refractivity contribution in [2.45, 2.75) is 6.92 Å². The maximum atomic E-state index is 4.74. The van der Waals surface area contributed by atoms with E-state index in [0.717, 1.165) is 41.4 Å². The summed E-state index contributed by atoms with van der Waals surface area (Å²) in [7, 11) is 0. The van der Waals surface area contributed by atoms with Crippen LogP contribution in [0.4, 0.5) is 5.00 Å². The first-order valence-corrected chi connectivity index (χ1v) is 8.04. The Labute approximate surface area is 125 Å². The zero-order valence-electron chi connectivity index (χ0n) is 10.8. The Bertz CT molecular complexity index is 576. The molecular formula is C14H16BrN3S. The lowest BCUT2D eigenvalue weighted by Gasteiger charge is -2.28. The lowest BCUT2D eigenvalue weighted by Crippen LogP contribution is -2.43. The minimum atomic E-state index is 1.06. The SMILES string of the molecule is Cc1nc(-c2ccccc2Br)sc1N1CCNCC1. The van der Waals surface area contributed by atoms with Crippen LogP contribution < -0.4 is 10.2 Å². The number of piperazine rings is 1. The third-order valence-corrected chi connectivity index (χ3v) is 5.22. The van der Waals surface area contributed by atoms with E-state index in [4.69, 9.17) is 4.98 Å². The summed E-state index contributed by atoms with van der Waals surface area (Å²) in [6.07, 6.45) is 0. The van der Waals surface area contributed by atoms with E-state index in [1.165, 1.54) is 10.6 Å². The van der Waals surface area contributed by atoms with Gasteiger partial charge in [-0.1, -0.05) is 45.5 Å². The molecule has 0 atom stereocenters. The van der Waals surface area contributed by atoms with Crippen LogP contribution in [0.5, 0.6) is 0 Å². The van der Waals surface area contributed by atoms with E-state index in [1.54, 1.807) is 11.3 Å². The van der Waals surface area contributed by atoms with Crippen molar-refractivity contribution in [2.75, 3.05) is 31.1 Å². The van der Waals surface area contributed by atoms with Gasteiger partial charge in [0.1, 0.15) is 10.0 Å². The molecule has 0 spiro atoms. The van der Waals surface area contributed by atoms with Crippen LogP contribution in [-0.4, -0.2) is 31.2 Å². The lowest BCUT2D eigenvalue weighted by molar-refractivity contribution is 0.591. The van der Waals surface area contributed by atoms with Crippen molar-refractivity contribution in [3.05, 3.63) is 34.4 Å². The maximum Gasteiger partial charge on any atom is 0.126 e. The molecule has 1 aromatic heterocycles. The van der Waals surface area contributed by atoms with Crippen LogP contribution in [0.3, 0.4) is 0 Å². The van der Waals surface area contributed by atoms with Gasteiger partial charge in [-0.3, -0.25) is 0 Å². The predicted molar refractivity (Wildman–Crippen MR) is 85.1 cm³/mol. The number of aryl methyl sites for hydroxylation is 1. The zero-order valence-corrected chi connectivity index (χ0v) is 13.2. The topological polar surface area (TPSA) is 28.2 Å². The first-order valence-electron chi connectivity index (χ1n) is 6.43. The maximum absolute atomic E-state index is 4.74. The molecule has 5 heteroatoms. The highest BCUT2D eigenvalue weighted by Gasteiger charge is 2.18. The van der Waals surface area contributed by atoms with Gasteiger partial charge in [0.25, 0.3) is 0 Å². The first kappa shape index (κ1) is 13.1. The molecule has 1 aliphatic rings. The molecular weight excluding hydrogens is 322 g/mol. The summed E-state index contributed by atoms with van der Waals surface area (Å²) in [5.74, 6) is 0.